The summed E-state index contributed by atoms with van der Waals surface area (Å²) in [5.74, 6) is 0.972. The van der Waals surface area contributed by atoms with E-state index < -0.39 is 0 Å². The Morgan fingerprint density at radius 1 is 1.16 bits per heavy atom. The van der Waals surface area contributed by atoms with E-state index in [1.54, 1.807) is 13.0 Å². The zero-order chi connectivity index (χ0) is 14.3. The number of hydrogen-bond donors (Lipinski definition) is 1. The molecule has 0 spiro atoms. The Kier molecular flexibility index (Phi) is 6.81. The van der Waals surface area contributed by atoms with Crippen LogP contribution < -0.4 is 10.5 Å². The van der Waals surface area contributed by atoms with Crippen LogP contribution in [0.3, 0.4) is 0 Å². The van der Waals surface area contributed by atoms with Crippen LogP contribution in [0.15, 0.2) is 18.2 Å². The van der Waals surface area contributed by atoms with Gasteiger partial charge in [0.1, 0.15) is 18.2 Å². The van der Waals surface area contributed by atoms with Crippen LogP contribution in [0.2, 0.25) is 0 Å². The molecular formula is C15H24FNO2. The first-order chi connectivity index (χ1) is 9.00. The molecule has 0 aliphatic rings. The van der Waals surface area contributed by atoms with Gasteiger partial charge in [0.2, 0.25) is 0 Å². The van der Waals surface area contributed by atoms with Gasteiger partial charge in [-0.3, -0.25) is 0 Å². The van der Waals surface area contributed by atoms with Crippen LogP contribution in [-0.2, 0) is 4.74 Å². The Morgan fingerprint density at radius 2 is 1.89 bits per heavy atom. The molecule has 0 saturated carbocycles. The van der Waals surface area contributed by atoms with Crippen molar-refractivity contribution in [1.82, 2.24) is 0 Å². The highest BCUT2D eigenvalue weighted by atomic mass is 19.1. The van der Waals surface area contributed by atoms with Crippen molar-refractivity contribution >= 4 is 0 Å². The third-order valence-electron chi connectivity index (χ3n) is 2.79. The van der Waals surface area contributed by atoms with Gasteiger partial charge >= 0.3 is 0 Å². The maximum absolute atomic E-state index is 13.1. The highest BCUT2D eigenvalue weighted by Gasteiger charge is 2.09. The number of rotatable bonds is 8. The molecule has 1 aromatic rings. The molecule has 0 aliphatic heterocycles. The van der Waals surface area contributed by atoms with Crippen molar-refractivity contribution in [3.63, 3.8) is 0 Å². The van der Waals surface area contributed by atoms with Crippen LogP contribution >= 0.6 is 0 Å². The van der Waals surface area contributed by atoms with Crippen LogP contribution in [-0.4, -0.2) is 19.8 Å². The lowest BCUT2D eigenvalue weighted by molar-refractivity contribution is 0.0921. The molecule has 0 unspecified atom stereocenters. The van der Waals surface area contributed by atoms with Gasteiger partial charge in [0.15, 0.2) is 0 Å². The zero-order valence-corrected chi connectivity index (χ0v) is 12.0. The summed E-state index contributed by atoms with van der Waals surface area (Å²) in [4.78, 5) is 0. The van der Waals surface area contributed by atoms with Gasteiger partial charge in [-0.25, -0.2) is 4.39 Å². The SMILES string of the molecule is CC(C)CCOCCOc1ccc(F)cc1[C@H](C)N. The van der Waals surface area contributed by atoms with Crippen molar-refractivity contribution in [2.24, 2.45) is 11.7 Å². The number of ether oxygens (including phenoxy) is 2. The molecule has 1 atom stereocenters. The molecule has 0 amide bonds. The van der Waals surface area contributed by atoms with E-state index >= 15 is 0 Å². The lowest BCUT2D eigenvalue weighted by Crippen LogP contribution is -2.12. The van der Waals surface area contributed by atoms with E-state index in [2.05, 4.69) is 13.8 Å². The van der Waals surface area contributed by atoms with Crippen molar-refractivity contribution in [2.45, 2.75) is 33.2 Å². The summed E-state index contributed by atoms with van der Waals surface area (Å²) in [7, 11) is 0. The fourth-order valence-electron chi connectivity index (χ4n) is 1.64. The summed E-state index contributed by atoms with van der Waals surface area (Å²) < 4.78 is 24.2. The molecule has 0 aliphatic carbocycles. The summed E-state index contributed by atoms with van der Waals surface area (Å²) in [5, 5.41) is 0. The van der Waals surface area contributed by atoms with E-state index in [1.807, 2.05) is 0 Å². The van der Waals surface area contributed by atoms with E-state index in [-0.39, 0.29) is 11.9 Å². The topological polar surface area (TPSA) is 44.5 Å². The van der Waals surface area contributed by atoms with E-state index in [0.29, 0.717) is 30.4 Å². The molecule has 1 aromatic carbocycles. The van der Waals surface area contributed by atoms with E-state index in [4.69, 9.17) is 15.2 Å². The fourth-order valence-corrected chi connectivity index (χ4v) is 1.64. The Bertz CT molecular complexity index is 380. The van der Waals surface area contributed by atoms with Crippen LogP contribution in [0, 0.1) is 11.7 Å². The van der Waals surface area contributed by atoms with Crippen LogP contribution in [0.4, 0.5) is 4.39 Å². The minimum atomic E-state index is -0.298. The number of nitrogens with two attached hydrogens (primary N) is 1. The Morgan fingerprint density at radius 3 is 2.53 bits per heavy atom. The Balaban J connectivity index is 2.37. The lowest BCUT2D eigenvalue weighted by atomic mass is 10.1. The van der Waals surface area contributed by atoms with Gasteiger partial charge in [0.05, 0.1) is 6.61 Å². The second-order valence-electron chi connectivity index (χ2n) is 5.11. The van der Waals surface area contributed by atoms with Gasteiger partial charge in [0.25, 0.3) is 0 Å². The first kappa shape index (κ1) is 15.9. The van der Waals surface area contributed by atoms with Gasteiger partial charge in [0, 0.05) is 18.2 Å². The molecule has 3 nitrogen and oxygen atoms in total. The van der Waals surface area contributed by atoms with E-state index in [0.717, 1.165) is 13.0 Å². The molecule has 19 heavy (non-hydrogen) atoms. The number of hydrogen-bond acceptors (Lipinski definition) is 3. The molecular weight excluding hydrogens is 245 g/mol. The van der Waals surface area contributed by atoms with E-state index in [1.165, 1.54) is 12.1 Å². The first-order valence-electron chi connectivity index (χ1n) is 6.76. The quantitative estimate of drug-likeness (QED) is 0.736. The normalized spacial score (nSPS) is 12.7. The molecule has 0 radical (unpaired) electrons. The number of halogens is 1. The molecule has 0 bridgehead atoms. The standard InChI is InChI=1S/C15H24FNO2/c1-11(2)6-7-18-8-9-19-15-5-4-13(16)10-14(15)12(3)17/h4-5,10-12H,6-9,17H2,1-3H3/t12-/m0/s1. The Hall–Kier alpha value is -1.13. The summed E-state index contributed by atoms with van der Waals surface area (Å²) in [6.45, 7) is 7.85. The maximum Gasteiger partial charge on any atom is 0.124 e. The summed E-state index contributed by atoms with van der Waals surface area (Å²) in [5.41, 5.74) is 6.47. The van der Waals surface area contributed by atoms with Gasteiger partial charge < -0.3 is 15.2 Å². The molecule has 2 N–H and O–H groups in total. The summed E-state index contributed by atoms with van der Waals surface area (Å²) >= 11 is 0. The second kappa shape index (κ2) is 8.12. The van der Waals surface area contributed by atoms with Crippen molar-refractivity contribution in [3.8, 4) is 5.75 Å². The van der Waals surface area contributed by atoms with Crippen LogP contribution in [0.25, 0.3) is 0 Å². The lowest BCUT2D eigenvalue weighted by Gasteiger charge is -2.14. The average molecular weight is 269 g/mol. The predicted molar refractivity (Wildman–Crippen MR) is 74.8 cm³/mol. The third-order valence-corrected chi connectivity index (χ3v) is 2.79. The smallest absolute Gasteiger partial charge is 0.124 e. The highest BCUT2D eigenvalue weighted by Crippen LogP contribution is 2.24. The largest absolute Gasteiger partial charge is 0.491 e. The molecule has 1 rings (SSSR count). The van der Waals surface area contributed by atoms with Crippen molar-refractivity contribution in [1.29, 1.82) is 0 Å². The molecule has 4 heteroatoms. The summed E-state index contributed by atoms with van der Waals surface area (Å²) in [6, 6.07) is 4.15. The number of benzene rings is 1. The molecule has 0 fully saturated rings. The third kappa shape index (κ3) is 6.03. The second-order valence-corrected chi connectivity index (χ2v) is 5.11. The predicted octanol–water partition coefficient (Wildman–Crippen LogP) is 3.29. The van der Waals surface area contributed by atoms with Crippen molar-refractivity contribution < 1.29 is 13.9 Å². The van der Waals surface area contributed by atoms with Crippen molar-refractivity contribution in [3.05, 3.63) is 29.6 Å². The van der Waals surface area contributed by atoms with Crippen LogP contribution in [0.1, 0.15) is 38.8 Å². The molecule has 108 valence electrons. The summed E-state index contributed by atoms with van der Waals surface area (Å²) in [6.07, 6.45) is 1.04. The first-order valence-corrected chi connectivity index (χ1v) is 6.76. The van der Waals surface area contributed by atoms with E-state index in [9.17, 15) is 4.39 Å². The molecule has 0 aromatic heterocycles. The maximum atomic E-state index is 13.1. The van der Waals surface area contributed by atoms with Gasteiger partial charge in [-0.2, -0.15) is 0 Å². The van der Waals surface area contributed by atoms with Gasteiger partial charge in [-0.05, 0) is 37.5 Å². The average Bonchev–Trinajstić information content (AvgIpc) is 2.34. The minimum Gasteiger partial charge on any atom is -0.491 e. The fraction of sp³-hybridized carbons (Fsp3) is 0.600. The van der Waals surface area contributed by atoms with Crippen molar-refractivity contribution in [2.75, 3.05) is 19.8 Å². The molecule has 0 saturated heterocycles. The monoisotopic (exact) mass is 269 g/mol. The van der Waals surface area contributed by atoms with Gasteiger partial charge in [-0.15, -0.1) is 0 Å². The Labute approximate surface area is 114 Å². The highest BCUT2D eigenvalue weighted by molar-refractivity contribution is 5.36. The van der Waals surface area contributed by atoms with Gasteiger partial charge in [-0.1, -0.05) is 13.8 Å². The zero-order valence-electron chi connectivity index (χ0n) is 12.0. The molecule has 0 heterocycles. The van der Waals surface area contributed by atoms with Crippen LogP contribution in [0.5, 0.6) is 5.75 Å². The minimum absolute atomic E-state index is 0.257.